The van der Waals surface area contributed by atoms with Crippen molar-refractivity contribution in [3.05, 3.63) is 72.3 Å². The summed E-state index contributed by atoms with van der Waals surface area (Å²) < 4.78 is 5.15. The third kappa shape index (κ3) is 2.69. The lowest BCUT2D eigenvalue weighted by Gasteiger charge is -2.14. The van der Waals surface area contributed by atoms with Crippen molar-refractivity contribution in [3.8, 4) is 11.1 Å². The van der Waals surface area contributed by atoms with Crippen molar-refractivity contribution >= 4 is 50.2 Å². The number of carbonyl (C=O) groups excluding carboxylic acids is 1. The summed E-state index contributed by atoms with van der Waals surface area (Å²) in [6.07, 6.45) is 0. The minimum Gasteiger partial charge on any atom is -0.465 e. The van der Waals surface area contributed by atoms with Crippen LogP contribution in [-0.2, 0) is 4.74 Å². The van der Waals surface area contributed by atoms with E-state index in [0.29, 0.717) is 22.3 Å². The Labute approximate surface area is 172 Å². The molecule has 0 fully saturated rings. The fraction of sp³-hybridized carbons (Fsp3) is 0.0417. The third-order valence-corrected chi connectivity index (χ3v) is 5.33. The molecular weight excluding hydrogens is 376 g/mol. The second-order valence-corrected chi connectivity index (χ2v) is 7.07. The maximum atomic E-state index is 12.9. The molecule has 0 radical (unpaired) electrons. The molecule has 6 nitrogen and oxygen atoms in total. The van der Waals surface area contributed by atoms with E-state index in [1.165, 1.54) is 7.11 Å². The minimum absolute atomic E-state index is 0.136. The number of nitrogen functional groups attached to an aromatic ring is 2. The SMILES string of the molecule is COC(=O)c1c2ccccc2cc2cccc(-c3ccc4nc(N)nc(N)c4c3)c12. The minimum atomic E-state index is -0.374. The highest BCUT2D eigenvalue weighted by molar-refractivity contribution is 6.20. The van der Waals surface area contributed by atoms with Gasteiger partial charge in [-0.25, -0.2) is 9.78 Å². The molecule has 6 heteroatoms. The number of anilines is 2. The Bertz CT molecular complexity index is 1480. The highest BCUT2D eigenvalue weighted by Crippen LogP contribution is 2.37. The summed E-state index contributed by atoms with van der Waals surface area (Å²) in [5.41, 5.74) is 14.8. The smallest absolute Gasteiger partial charge is 0.339 e. The maximum absolute atomic E-state index is 12.9. The van der Waals surface area contributed by atoms with Crippen molar-refractivity contribution in [2.45, 2.75) is 0 Å². The summed E-state index contributed by atoms with van der Waals surface area (Å²) in [4.78, 5) is 21.2. The van der Waals surface area contributed by atoms with E-state index in [-0.39, 0.29) is 11.9 Å². The molecule has 0 aliphatic heterocycles. The van der Waals surface area contributed by atoms with Crippen LogP contribution in [0.15, 0.2) is 66.7 Å². The van der Waals surface area contributed by atoms with Gasteiger partial charge in [-0.1, -0.05) is 48.5 Å². The molecule has 1 aromatic heterocycles. The summed E-state index contributed by atoms with van der Waals surface area (Å²) in [6, 6.07) is 21.6. The van der Waals surface area contributed by atoms with E-state index in [0.717, 1.165) is 32.7 Å². The number of methoxy groups -OCH3 is 1. The molecule has 5 aromatic rings. The van der Waals surface area contributed by atoms with Gasteiger partial charge in [0.05, 0.1) is 18.2 Å². The summed E-state index contributed by atoms with van der Waals surface area (Å²) in [5, 5.41) is 4.32. The monoisotopic (exact) mass is 394 g/mol. The van der Waals surface area contributed by atoms with Crippen LogP contribution in [0.5, 0.6) is 0 Å². The predicted molar refractivity (Wildman–Crippen MR) is 120 cm³/mol. The van der Waals surface area contributed by atoms with Gasteiger partial charge in [-0.15, -0.1) is 0 Å². The lowest BCUT2D eigenvalue weighted by molar-refractivity contribution is 0.0605. The zero-order valence-electron chi connectivity index (χ0n) is 16.2. The van der Waals surface area contributed by atoms with E-state index in [1.807, 2.05) is 60.7 Å². The second-order valence-electron chi connectivity index (χ2n) is 7.07. The van der Waals surface area contributed by atoms with Crippen LogP contribution < -0.4 is 11.5 Å². The van der Waals surface area contributed by atoms with Gasteiger partial charge in [-0.05, 0) is 45.5 Å². The van der Waals surface area contributed by atoms with Gasteiger partial charge < -0.3 is 16.2 Å². The van der Waals surface area contributed by atoms with Crippen molar-refractivity contribution < 1.29 is 9.53 Å². The standard InChI is InChI=1S/C24H18N4O2/c1-30-23(29)21-17-7-3-2-5-13(17)11-15-6-4-8-16(20(15)21)14-9-10-19-18(12-14)22(25)28-24(26)27-19/h2-12H,1H3,(H4,25,26,27,28). The van der Waals surface area contributed by atoms with E-state index < -0.39 is 0 Å². The Morgan fingerprint density at radius 2 is 1.67 bits per heavy atom. The van der Waals surface area contributed by atoms with Crippen molar-refractivity contribution in [2.75, 3.05) is 18.6 Å². The fourth-order valence-corrected chi connectivity index (χ4v) is 4.02. The topological polar surface area (TPSA) is 104 Å². The predicted octanol–water partition coefficient (Wildman–Crippen LogP) is 4.55. The number of benzene rings is 4. The van der Waals surface area contributed by atoms with Crippen LogP contribution in [0.25, 0.3) is 43.6 Å². The maximum Gasteiger partial charge on any atom is 0.339 e. The van der Waals surface area contributed by atoms with Crippen LogP contribution in [0.2, 0.25) is 0 Å². The van der Waals surface area contributed by atoms with E-state index >= 15 is 0 Å². The molecule has 1 heterocycles. The Morgan fingerprint density at radius 3 is 2.50 bits per heavy atom. The first-order valence-corrected chi connectivity index (χ1v) is 9.43. The number of aromatic nitrogens is 2. The molecule has 0 unspecified atom stereocenters. The second kappa shape index (κ2) is 6.70. The molecule has 0 amide bonds. The number of fused-ring (bicyclic) bond motifs is 3. The Balaban J connectivity index is 1.89. The third-order valence-electron chi connectivity index (χ3n) is 5.33. The number of rotatable bonds is 2. The first kappa shape index (κ1) is 17.9. The molecule has 0 aliphatic carbocycles. The molecule has 4 N–H and O–H groups in total. The van der Waals surface area contributed by atoms with Gasteiger partial charge in [0.25, 0.3) is 0 Å². The van der Waals surface area contributed by atoms with Crippen LogP contribution in [0.3, 0.4) is 0 Å². The molecule has 0 atom stereocenters. The molecule has 0 spiro atoms. The van der Waals surface area contributed by atoms with E-state index in [9.17, 15) is 4.79 Å². The van der Waals surface area contributed by atoms with Gasteiger partial charge in [0.15, 0.2) is 0 Å². The fourth-order valence-electron chi connectivity index (χ4n) is 4.02. The van der Waals surface area contributed by atoms with E-state index in [2.05, 4.69) is 16.0 Å². The molecule has 0 aliphatic rings. The number of carbonyl (C=O) groups is 1. The van der Waals surface area contributed by atoms with Crippen LogP contribution >= 0.6 is 0 Å². The molecule has 5 rings (SSSR count). The first-order valence-electron chi connectivity index (χ1n) is 9.43. The number of esters is 1. The zero-order valence-corrected chi connectivity index (χ0v) is 16.2. The Kier molecular flexibility index (Phi) is 3.99. The van der Waals surface area contributed by atoms with Crippen molar-refractivity contribution in [3.63, 3.8) is 0 Å². The zero-order chi connectivity index (χ0) is 20.8. The van der Waals surface area contributed by atoms with Gasteiger partial charge in [0.1, 0.15) is 5.82 Å². The van der Waals surface area contributed by atoms with Crippen LogP contribution in [0.1, 0.15) is 10.4 Å². The normalized spacial score (nSPS) is 11.2. The number of hydrogen-bond donors (Lipinski definition) is 2. The van der Waals surface area contributed by atoms with Crippen LogP contribution in [-0.4, -0.2) is 23.0 Å². The average molecular weight is 394 g/mol. The molecule has 4 aromatic carbocycles. The first-order chi connectivity index (χ1) is 14.6. The number of hydrogen-bond acceptors (Lipinski definition) is 6. The van der Waals surface area contributed by atoms with E-state index in [4.69, 9.17) is 16.2 Å². The largest absolute Gasteiger partial charge is 0.465 e. The summed E-state index contributed by atoms with van der Waals surface area (Å²) in [7, 11) is 1.40. The van der Waals surface area contributed by atoms with Crippen molar-refractivity contribution in [2.24, 2.45) is 0 Å². The molecule has 30 heavy (non-hydrogen) atoms. The summed E-state index contributed by atoms with van der Waals surface area (Å²) in [5.74, 6) is 0.0799. The summed E-state index contributed by atoms with van der Waals surface area (Å²) >= 11 is 0. The molecule has 0 saturated carbocycles. The number of ether oxygens (including phenoxy) is 1. The Morgan fingerprint density at radius 1 is 0.867 bits per heavy atom. The number of nitrogens with zero attached hydrogens (tertiary/aromatic N) is 2. The average Bonchev–Trinajstić information content (AvgIpc) is 2.76. The lowest BCUT2D eigenvalue weighted by Crippen LogP contribution is -2.04. The van der Waals surface area contributed by atoms with Gasteiger partial charge in [0.2, 0.25) is 5.95 Å². The highest BCUT2D eigenvalue weighted by atomic mass is 16.5. The van der Waals surface area contributed by atoms with Crippen molar-refractivity contribution in [1.29, 1.82) is 0 Å². The molecule has 0 saturated heterocycles. The van der Waals surface area contributed by atoms with Crippen molar-refractivity contribution in [1.82, 2.24) is 9.97 Å². The summed E-state index contributed by atoms with van der Waals surface area (Å²) in [6.45, 7) is 0. The van der Waals surface area contributed by atoms with Gasteiger partial charge >= 0.3 is 5.97 Å². The molecule has 0 bridgehead atoms. The molecular formula is C24H18N4O2. The van der Waals surface area contributed by atoms with Crippen LogP contribution in [0.4, 0.5) is 11.8 Å². The van der Waals surface area contributed by atoms with Gasteiger partial charge in [-0.2, -0.15) is 4.98 Å². The quantitative estimate of drug-likeness (QED) is 0.336. The molecule has 146 valence electrons. The van der Waals surface area contributed by atoms with Crippen LogP contribution in [0, 0.1) is 0 Å². The Hall–Kier alpha value is -4.19. The highest BCUT2D eigenvalue weighted by Gasteiger charge is 2.19. The van der Waals surface area contributed by atoms with E-state index in [1.54, 1.807) is 0 Å². The van der Waals surface area contributed by atoms with Gasteiger partial charge in [0, 0.05) is 10.8 Å². The van der Waals surface area contributed by atoms with Gasteiger partial charge in [-0.3, -0.25) is 0 Å². The lowest BCUT2D eigenvalue weighted by atomic mass is 9.90. The number of nitrogens with two attached hydrogens (primary N) is 2.